The summed E-state index contributed by atoms with van der Waals surface area (Å²) in [5.41, 5.74) is 5.15. The lowest BCUT2D eigenvalue weighted by Crippen LogP contribution is -2.46. The van der Waals surface area contributed by atoms with Gasteiger partial charge in [0.05, 0.1) is 5.60 Å². The Balaban J connectivity index is 1.76. The first kappa shape index (κ1) is 14.8. The van der Waals surface area contributed by atoms with E-state index in [2.05, 4.69) is 5.32 Å². The van der Waals surface area contributed by atoms with Gasteiger partial charge in [0.1, 0.15) is 0 Å². The number of hydrogen-bond donors (Lipinski definition) is 3. The summed E-state index contributed by atoms with van der Waals surface area (Å²) in [5, 5.41) is 13.4. The predicted octanol–water partition coefficient (Wildman–Crippen LogP) is 1.71. The summed E-state index contributed by atoms with van der Waals surface area (Å²) in [7, 11) is 0. The molecule has 0 unspecified atom stereocenters. The molecular formula is C15H28N2O2. The third-order valence-electron chi connectivity index (χ3n) is 5.03. The number of aliphatic hydroxyl groups is 1. The minimum Gasteiger partial charge on any atom is -0.388 e. The van der Waals surface area contributed by atoms with E-state index in [1.807, 2.05) is 0 Å². The standard InChI is InChI=1S/C15H28N2O2/c16-11-14(6-5-7-14)10-13(18)17-12-15(19)8-3-1-2-4-9-15/h19H,1-12,16H2,(H,17,18). The number of nitrogens with two attached hydrogens (primary N) is 1. The number of nitrogens with one attached hydrogen (secondary N) is 1. The maximum Gasteiger partial charge on any atom is 0.220 e. The Morgan fingerprint density at radius 1 is 1.05 bits per heavy atom. The van der Waals surface area contributed by atoms with Crippen molar-refractivity contribution in [3.8, 4) is 0 Å². The molecule has 0 heterocycles. The van der Waals surface area contributed by atoms with Gasteiger partial charge in [-0.3, -0.25) is 4.79 Å². The Morgan fingerprint density at radius 2 is 1.68 bits per heavy atom. The van der Waals surface area contributed by atoms with E-state index in [1.165, 1.54) is 19.3 Å². The van der Waals surface area contributed by atoms with Crippen molar-refractivity contribution in [3.05, 3.63) is 0 Å². The van der Waals surface area contributed by atoms with E-state index in [-0.39, 0.29) is 11.3 Å². The fourth-order valence-corrected chi connectivity index (χ4v) is 3.36. The molecule has 110 valence electrons. The van der Waals surface area contributed by atoms with Crippen molar-refractivity contribution in [1.29, 1.82) is 0 Å². The normalized spacial score (nSPS) is 25.2. The fraction of sp³-hybridized carbons (Fsp3) is 0.933. The maximum atomic E-state index is 12.0. The molecule has 4 heteroatoms. The van der Waals surface area contributed by atoms with Crippen LogP contribution in [0.2, 0.25) is 0 Å². The molecule has 0 radical (unpaired) electrons. The van der Waals surface area contributed by atoms with Gasteiger partial charge >= 0.3 is 0 Å². The summed E-state index contributed by atoms with van der Waals surface area (Å²) in [5.74, 6) is 0.0582. The van der Waals surface area contributed by atoms with Crippen LogP contribution in [0, 0.1) is 5.41 Å². The van der Waals surface area contributed by atoms with Crippen LogP contribution in [0.15, 0.2) is 0 Å². The first-order valence-corrected chi connectivity index (χ1v) is 7.77. The van der Waals surface area contributed by atoms with Crippen molar-refractivity contribution >= 4 is 5.91 Å². The summed E-state index contributed by atoms with van der Waals surface area (Å²) in [6, 6.07) is 0. The van der Waals surface area contributed by atoms with Crippen molar-refractivity contribution in [2.24, 2.45) is 11.1 Å². The van der Waals surface area contributed by atoms with Gasteiger partial charge in [-0.15, -0.1) is 0 Å². The number of amides is 1. The van der Waals surface area contributed by atoms with Gasteiger partial charge in [-0.1, -0.05) is 32.1 Å². The fourth-order valence-electron chi connectivity index (χ4n) is 3.36. The lowest BCUT2D eigenvalue weighted by molar-refractivity contribution is -0.126. The van der Waals surface area contributed by atoms with Crippen LogP contribution in [0.3, 0.4) is 0 Å². The minimum absolute atomic E-state index is 0.0517. The molecule has 0 saturated heterocycles. The van der Waals surface area contributed by atoms with Crippen molar-refractivity contribution in [2.75, 3.05) is 13.1 Å². The van der Waals surface area contributed by atoms with Crippen molar-refractivity contribution in [2.45, 2.75) is 69.8 Å². The summed E-state index contributed by atoms with van der Waals surface area (Å²) in [4.78, 5) is 12.0. The monoisotopic (exact) mass is 268 g/mol. The van der Waals surface area contributed by atoms with Crippen molar-refractivity contribution in [3.63, 3.8) is 0 Å². The molecule has 0 bridgehead atoms. The van der Waals surface area contributed by atoms with Crippen LogP contribution in [0.4, 0.5) is 0 Å². The second-order valence-corrected chi connectivity index (χ2v) is 6.65. The summed E-state index contributed by atoms with van der Waals surface area (Å²) < 4.78 is 0. The first-order valence-electron chi connectivity index (χ1n) is 7.77. The first-order chi connectivity index (χ1) is 9.08. The summed E-state index contributed by atoms with van der Waals surface area (Å²) in [6.07, 6.45) is 10.0. The lowest BCUT2D eigenvalue weighted by Gasteiger charge is -2.40. The Hall–Kier alpha value is -0.610. The van der Waals surface area contributed by atoms with Gasteiger partial charge in [0, 0.05) is 13.0 Å². The molecular weight excluding hydrogens is 240 g/mol. The van der Waals surface area contributed by atoms with Gasteiger partial charge in [0.25, 0.3) is 0 Å². The zero-order valence-corrected chi connectivity index (χ0v) is 11.9. The topological polar surface area (TPSA) is 75.4 Å². The number of carbonyl (C=O) groups excluding carboxylic acids is 1. The number of hydrogen-bond acceptors (Lipinski definition) is 3. The highest BCUT2D eigenvalue weighted by molar-refractivity contribution is 5.77. The predicted molar refractivity (Wildman–Crippen MR) is 75.6 cm³/mol. The van der Waals surface area contributed by atoms with E-state index in [9.17, 15) is 9.90 Å². The molecule has 2 aliphatic carbocycles. The molecule has 19 heavy (non-hydrogen) atoms. The van der Waals surface area contributed by atoms with Crippen LogP contribution < -0.4 is 11.1 Å². The van der Waals surface area contributed by atoms with E-state index in [1.54, 1.807) is 0 Å². The highest BCUT2D eigenvalue weighted by Gasteiger charge is 2.38. The average molecular weight is 268 g/mol. The van der Waals surface area contributed by atoms with Crippen molar-refractivity contribution in [1.82, 2.24) is 5.32 Å². The lowest BCUT2D eigenvalue weighted by atomic mass is 9.66. The number of carbonyl (C=O) groups is 1. The SMILES string of the molecule is NCC1(CC(=O)NCC2(O)CCCCCC2)CCC1. The number of rotatable bonds is 5. The third-order valence-corrected chi connectivity index (χ3v) is 5.03. The van der Waals surface area contributed by atoms with E-state index in [4.69, 9.17) is 5.73 Å². The molecule has 2 aliphatic rings. The molecule has 0 aromatic carbocycles. The van der Waals surface area contributed by atoms with E-state index < -0.39 is 5.60 Å². The van der Waals surface area contributed by atoms with Gasteiger partial charge in [0.2, 0.25) is 5.91 Å². The second kappa shape index (κ2) is 6.23. The van der Waals surface area contributed by atoms with Crippen LogP contribution in [-0.4, -0.2) is 29.7 Å². The molecule has 0 atom stereocenters. The summed E-state index contributed by atoms with van der Waals surface area (Å²) >= 11 is 0. The molecule has 0 spiro atoms. The molecule has 0 aliphatic heterocycles. The van der Waals surface area contributed by atoms with Gasteiger partial charge in [-0.2, -0.15) is 0 Å². The van der Waals surface area contributed by atoms with E-state index in [0.29, 0.717) is 19.5 Å². The molecule has 0 aromatic rings. The highest BCUT2D eigenvalue weighted by atomic mass is 16.3. The van der Waals surface area contributed by atoms with Crippen LogP contribution in [-0.2, 0) is 4.79 Å². The second-order valence-electron chi connectivity index (χ2n) is 6.65. The van der Waals surface area contributed by atoms with Gasteiger partial charge in [0.15, 0.2) is 0 Å². The van der Waals surface area contributed by atoms with Gasteiger partial charge in [-0.25, -0.2) is 0 Å². The summed E-state index contributed by atoms with van der Waals surface area (Å²) in [6.45, 7) is 1.01. The highest BCUT2D eigenvalue weighted by Crippen LogP contribution is 2.42. The zero-order valence-electron chi connectivity index (χ0n) is 11.9. The van der Waals surface area contributed by atoms with Crippen LogP contribution in [0.25, 0.3) is 0 Å². The molecule has 2 saturated carbocycles. The quantitative estimate of drug-likeness (QED) is 0.664. The van der Waals surface area contributed by atoms with Crippen LogP contribution >= 0.6 is 0 Å². The molecule has 4 N–H and O–H groups in total. The van der Waals surface area contributed by atoms with Gasteiger partial charge in [-0.05, 0) is 37.6 Å². The average Bonchev–Trinajstić information content (AvgIpc) is 2.57. The van der Waals surface area contributed by atoms with E-state index >= 15 is 0 Å². The Labute approximate surface area is 116 Å². The Morgan fingerprint density at radius 3 is 2.16 bits per heavy atom. The Kier molecular flexibility index (Phi) is 4.85. The minimum atomic E-state index is -0.679. The molecule has 1 amide bonds. The van der Waals surface area contributed by atoms with Crippen molar-refractivity contribution < 1.29 is 9.90 Å². The molecule has 2 rings (SSSR count). The third kappa shape index (κ3) is 3.93. The molecule has 4 nitrogen and oxygen atoms in total. The molecule has 0 aromatic heterocycles. The molecule has 2 fully saturated rings. The Bertz CT molecular complexity index is 300. The van der Waals surface area contributed by atoms with Crippen LogP contribution in [0.1, 0.15) is 64.2 Å². The van der Waals surface area contributed by atoms with Gasteiger partial charge < -0.3 is 16.2 Å². The largest absolute Gasteiger partial charge is 0.388 e. The van der Waals surface area contributed by atoms with E-state index in [0.717, 1.165) is 38.5 Å². The smallest absolute Gasteiger partial charge is 0.220 e. The zero-order chi connectivity index (χ0) is 13.8. The maximum absolute atomic E-state index is 12.0. The van der Waals surface area contributed by atoms with Crippen LogP contribution in [0.5, 0.6) is 0 Å².